The second-order valence-corrected chi connectivity index (χ2v) is 5.55. The predicted octanol–water partition coefficient (Wildman–Crippen LogP) is 1.22. The van der Waals surface area contributed by atoms with Gasteiger partial charge in [-0.1, -0.05) is 12.8 Å². The van der Waals surface area contributed by atoms with Crippen LogP contribution in [-0.2, 0) is 0 Å². The second-order valence-electron chi connectivity index (χ2n) is 5.55. The zero-order valence-corrected chi connectivity index (χ0v) is 10.5. The molecule has 2 unspecified atom stereocenters. The molecule has 0 amide bonds. The molecule has 3 heteroatoms. The Bertz CT molecular complexity index is 204. The van der Waals surface area contributed by atoms with Crippen molar-refractivity contribution in [2.24, 2.45) is 5.92 Å². The fraction of sp³-hybridized carbons (Fsp3) is 1.00. The van der Waals surface area contributed by atoms with Gasteiger partial charge in [0, 0.05) is 12.6 Å². The normalized spacial score (nSPS) is 33.2. The Balaban J connectivity index is 1.78. The molecule has 0 aromatic heterocycles. The first-order chi connectivity index (χ1) is 7.77. The summed E-state index contributed by atoms with van der Waals surface area (Å²) in [7, 11) is 2.20. The molecule has 2 aliphatic rings. The molecule has 2 fully saturated rings. The van der Waals surface area contributed by atoms with E-state index in [1.54, 1.807) is 0 Å². The molecule has 0 spiro atoms. The van der Waals surface area contributed by atoms with Gasteiger partial charge in [-0.05, 0) is 51.7 Å². The summed E-state index contributed by atoms with van der Waals surface area (Å²) in [5.41, 5.74) is 0. The van der Waals surface area contributed by atoms with Crippen molar-refractivity contribution < 1.29 is 5.11 Å². The van der Waals surface area contributed by atoms with Crippen LogP contribution < -0.4 is 5.32 Å². The van der Waals surface area contributed by atoms with Crippen molar-refractivity contribution in [3.05, 3.63) is 0 Å². The highest BCUT2D eigenvalue weighted by molar-refractivity contribution is 4.83. The Morgan fingerprint density at radius 1 is 1.12 bits per heavy atom. The van der Waals surface area contributed by atoms with Crippen molar-refractivity contribution in [2.75, 3.05) is 26.7 Å². The molecule has 16 heavy (non-hydrogen) atoms. The first kappa shape index (κ1) is 12.3. The molecule has 3 nitrogen and oxygen atoms in total. The van der Waals surface area contributed by atoms with Gasteiger partial charge in [0.1, 0.15) is 0 Å². The number of nitrogens with zero attached hydrogens (tertiary/aromatic N) is 1. The van der Waals surface area contributed by atoms with E-state index in [-0.39, 0.29) is 6.10 Å². The van der Waals surface area contributed by atoms with Gasteiger partial charge < -0.3 is 15.3 Å². The minimum atomic E-state index is -0.0829. The van der Waals surface area contributed by atoms with Crippen molar-refractivity contribution in [1.82, 2.24) is 10.2 Å². The van der Waals surface area contributed by atoms with Crippen LogP contribution in [0.1, 0.15) is 38.5 Å². The van der Waals surface area contributed by atoms with E-state index < -0.39 is 0 Å². The third-order valence-corrected chi connectivity index (χ3v) is 4.26. The summed E-state index contributed by atoms with van der Waals surface area (Å²) < 4.78 is 0. The lowest BCUT2D eigenvalue weighted by Gasteiger charge is -2.37. The maximum Gasteiger partial charge on any atom is 0.0695 e. The highest BCUT2D eigenvalue weighted by Crippen LogP contribution is 2.24. The van der Waals surface area contributed by atoms with Crippen LogP contribution in [0.3, 0.4) is 0 Å². The zero-order valence-electron chi connectivity index (χ0n) is 10.5. The maximum atomic E-state index is 10.0. The molecule has 0 bridgehead atoms. The van der Waals surface area contributed by atoms with Crippen molar-refractivity contribution >= 4 is 0 Å². The average molecular weight is 226 g/mol. The lowest BCUT2D eigenvalue weighted by atomic mass is 9.90. The van der Waals surface area contributed by atoms with Crippen LogP contribution in [0.5, 0.6) is 0 Å². The quantitative estimate of drug-likeness (QED) is 0.759. The van der Waals surface area contributed by atoms with Crippen LogP contribution >= 0.6 is 0 Å². The Hall–Kier alpha value is -0.120. The third kappa shape index (κ3) is 3.19. The molecular formula is C13H26N2O. The van der Waals surface area contributed by atoms with Gasteiger partial charge in [0.05, 0.1) is 6.10 Å². The Morgan fingerprint density at radius 2 is 1.81 bits per heavy atom. The highest BCUT2D eigenvalue weighted by atomic mass is 16.3. The van der Waals surface area contributed by atoms with E-state index in [4.69, 9.17) is 0 Å². The predicted molar refractivity (Wildman–Crippen MR) is 66.5 cm³/mol. The number of aliphatic hydroxyl groups excluding tert-OH is 1. The van der Waals surface area contributed by atoms with E-state index in [9.17, 15) is 5.11 Å². The second kappa shape index (κ2) is 5.99. The number of piperidine rings is 1. The first-order valence-electron chi connectivity index (χ1n) is 6.86. The fourth-order valence-corrected chi connectivity index (χ4v) is 3.21. The molecular weight excluding hydrogens is 200 g/mol. The molecule has 2 atom stereocenters. The monoisotopic (exact) mass is 226 g/mol. The number of nitrogens with one attached hydrogen (secondary N) is 1. The van der Waals surface area contributed by atoms with E-state index in [1.807, 2.05) is 0 Å². The summed E-state index contributed by atoms with van der Waals surface area (Å²) >= 11 is 0. The zero-order chi connectivity index (χ0) is 11.4. The van der Waals surface area contributed by atoms with Gasteiger partial charge in [-0.2, -0.15) is 0 Å². The van der Waals surface area contributed by atoms with Crippen LogP contribution in [-0.4, -0.2) is 48.8 Å². The van der Waals surface area contributed by atoms with E-state index >= 15 is 0 Å². The largest absolute Gasteiger partial charge is 0.391 e. The summed E-state index contributed by atoms with van der Waals surface area (Å²) in [5, 5.41) is 13.4. The number of hydrogen-bond acceptors (Lipinski definition) is 3. The van der Waals surface area contributed by atoms with Crippen molar-refractivity contribution in [3.8, 4) is 0 Å². The molecule has 94 valence electrons. The molecule has 1 heterocycles. The molecule has 0 aromatic rings. The number of likely N-dealkylation sites (N-methyl/N-ethyl adjacent to an activating group) is 1. The van der Waals surface area contributed by atoms with Gasteiger partial charge in [-0.15, -0.1) is 0 Å². The van der Waals surface area contributed by atoms with E-state index in [0.717, 1.165) is 12.3 Å². The smallest absolute Gasteiger partial charge is 0.0695 e. The van der Waals surface area contributed by atoms with Crippen LogP contribution in [0.4, 0.5) is 0 Å². The van der Waals surface area contributed by atoms with E-state index in [0.29, 0.717) is 6.04 Å². The summed E-state index contributed by atoms with van der Waals surface area (Å²) in [6.07, 6.45) is 7.20. The van der Waals surface area contributed by atoms with Crippen LogP contribution in [0.25, 0.3) is 0 Å². The van der Waals surface area contributed by atoms with E-state index in [1.165, 1.54) is 51.7 Å². The molecule has 1 saturated heterocycles. The lowest BCUT2D eigenvalue weighted by Crippen LogP contribution is -2.46. The van der Waals surface area contributed by atoms with Gasteiger partial charge >= 0.3 is 0 Å². The van der Waals surface area contributed by atoms with Crippen LogP contribution in [0.2, 0.25) is 0 Å². The summed E-state index contributed by atoms with van der Waals surface area (Å²) in [6.45, 7) is 3.51. The maximum absolute atomic E-state index is 10.0. The summed E-state index contributed by atoms with van der Waals surface area (Å²) in [6, 6.07) is 0.420. The lowest BCUT2D eigenvalue weighted by molar-refractivity contribution is 0.0237. The van der Waals surface area contributed by atoms with Crippen LogP contribution in [0, 0.1) is 5.92 Å². The molecule has 1 saturated carbocycles. The van der Waals surface area contributed by atoms with Crippen molar-refractivity contribution in [3.63, 3.8) is 0 Å². The number of hydrogen-bond donors (Lipinski definition) is 2. The number of aliphatic hydroxyl groups is 1. The van der Waals surface area contributed by atoms with Gasteiger partial charge in [0.2, 0.25) is 0 Å². The van der Waals surface area contributed by atoms with Crippen LogP contribution in [0.15, 0.2) is 0 Å². The minimum absolute atomic E-state index is 0.0829. The average Bonchev–Trinajstić information content (AvgIpc) is 2.31. The Morgan fingerprint density at radius 3 is 2.50 bits per heavy atom. The van der Waals surface area contributed by atoms with E-state index in [2.05, 4.69) is 17.3 Å². The van der Waals surface area contributed by atoms with Gasteiger partial charge in [0.15, 0.2) is 0 Å². The molecule has 2 N–H and O–H groups in total. The van der Waals surface area contributed by atoms with Gasteiger partial charge in [-0.25, -0.2) is 0 Å². The highest BCUT2D eigenvalue weighted by Gasteiger charge is 2.28. The molecule has 0 aromatic carbocycles. The third-order valence-electron chi connectivity index (χ3n) is 4.26. The summed E-state index contributed by atoms with van der Waals surface area (Å²) in [4.78, 5) is 2.42. The standard InChI is InChI=1S/C13H26N2O/c1-15(10-11-6-8-14-9-7-11)12-4-2-3-5-13(12)16/h11-14,16H,2-10H2,1H3. The van der Waals surface area contributed by atoms with Gasteiger partial charge in [0.25, 0.3) is 0 Å². The Kier molecular flexibility index (Phi) is 4.62. The van der Waals surface area contributed by atoms with Crippen molar-refractivity contribution in [1.29, 1.82) is 0 Å². The summed E-state index contributed by atoms with van der Waals surface area (Å²) in [5.74, 6) is 0.834. The molecule has 1 aliphatic carbocycles. The molecule has 2 rings (SSSR count). The fourth-order valence-electron chi connectivity index (χ4n) is 3.21. The van der Waals surface area contributed by atoms with Crippen molar-refractivity contribution in [2.45, 2.75) is 50.7 Å². The van der Waals surface area contributed by atoms with Gasteiger partial charge in [-0.3, -0.25) is 0 Å². The topological polar surface area (TPSA) is 35.5 Å². The first-order valence-corrected chi connectivity index (χ1v) is 6.86. The Labute approximate surface area is 99.2 Å². The minimum Gasteiger partial charge on any atom is -0.391 e. The molecule has 1 aliphatic heterocycles. The number of rotatable bonds is 3. The molecule has 0 radical (unpaired) electrons. The SMILES string of the molecule is CN(CC1CCNCC1)C1CCCCC1O.